The zero-order chi connectivity index (χ0) is 11.8. The summed E-state index contributed by atoms with van der Waals surface area (Å²) < 4.78 is 5.67. The molecule has 0 bridgehead atoms. The predicted molar refractivity (Wildman–Crippen MR) is 74.0 cm³/mol. The number of benzene rings is 1. The lowest BCUT2D eigenvalue weighted by molar-refractivity contribution is 0.306. The molecule has 3 heteroatoms. The van der Waals surface area contributed by atoms with Crippen molar-refractivity contribution in [3.63, 3.8) is 0 Å². The largest absolute Gasteiger partial charge is 0.494 e. The summed E-state index contributed by atoms with van der Waals surface area (Å²) in [7, 11) is 0. The van der Waals surface area contributed by atoms with Crippen molar-refractivity contribution in [2.24, 2.45) is 0 Å². The van der Waals surface area contributed by atoms with Crippen LogP contribution in [0.15, 0.2) is 18.2 Å². The molecule has 0 atom stereocenters. The molecule has 1 rings (SSSR count). The first-order chi connectivity index (χ1) is 7.77. The molecule has 90 valence electrons. The minimum Gasteiger partial charge on any atom is -0.494 e. The number of ether oxygens (including phenoxy) is 1. The molecule has 0 aliphatic heterocycles. The van der Waals surface area contributed by atoms with E-state index in [2.05, 4.69) is 19.6 Å². The van der Waals surface area contributed by atoms with Crippen LogP contribution in [0, 0.1) is 0 Å². The minimum absolute atomic E-state index is 0.776. The molecular weight excluding hydrogens is 240 g/mol. The number of rotatable bonds is 7. The number of hydrogen-bond donors (Lipinski definition) is 1. The molecule has 0 fully saturated rings. The average Bonchev–Trinajstić information content (AvgIpc) is 2.31. The molecule has 0 radical (unpaired) electrons. The van der Waals surface area contributed by atoms with Crippen molar-refractivity contribution in [2.75, 3.05) is 12.4 Å². The molecule has 0 unspecified atom stereocenters. The molecule has 0 aromatic heterocycles. The van der Waals surface area contributed by atoms with Crippen LogP contribution < -0.4 is 4.74 Å². The van der Waals surface area contributed by atoms with Gasteiger partial charge in [0, 0.05) is 5.02 Å². The molecule has 0 heterocycles. The first-order valence-electron chi connectivity index (χ1n) is 5.80. The Bertz CT molecular complexity index is 315. The normalized spacial score (nSPS) is 10.4. The summed E-state index contributed by atoms with van der Waals surface area (Å²) in [4.78, 5) is 0. The summed E-state index contributed by atoms with van der Waals surface area (Å²) in [5.74, 6) is 1.88. The second-order valence-corrected chi connectivity index (χ2v) is 4.59. The Labute approximate surface area is 109 Å². The van der Waals surface area contributed by atoms with E-state index in [0.717, 1.165) is 48.0 Å². The van der Waals surface area contributed by atoms with Gasteiger partial charge in [-0.05, 0) is 55.2 Å². The standard InChI is InChI=1S/C13H19ClOS/c1-2-11-10-12(6-7-13(11)14)15-8-4-3-5-9-16/h6-7,10,16H,2-5,8-9H2,1H3. The van der Waals surface area contributed by atoms with E-state index in [4.69, 9.17) is 16.3 Å². The molecule has 0 amide bonds. The van der Waals surface area contributed by atoms with E-state index in [0.29, 0.717) is 0 Å². The van der Waals surface area contributed by atoms with Crippen LogP contribution in [0.25, 0.3) is 0 Å². The maximum atomic E-state index is 6.03. The van der Waals surface area contributed by atoms with E-state index in [1.54, 1.807) is 0 Å². The van der Waals surface area contributed by atoms with Gasteiger partial charge in [-0.15, -0.1) is 0 Å². The lowest BCUT2D eigenvalue weighted by Crippen LogP contribution is -1.98. The smallest absolute Gasteiger partial charge is 0.119 e. The molecule has 16 heavy (non-hydrogen) atoms. The highest BCUT2D eigenvalue weighted by Gasteiger charge is 2.00. The van der Waals surface area contributed by atoms with Crippen LogP contribution >= 0.6 is 24.2 Å². The Hall–Kier alpha value is -0.340. The van der Waals surface area contributed by atoms with Crippen molar-refractivity contribution in [3.05, 3.63) is 28.8 Å². The van der Waals surface area contributed by atoms with Crippen molar-refractivity contribution in [3.8, 4) is 5.75 Å². The van der Waals surface area contributed by atoms with Gasteiger partial charge in [0.25, 0.3) is 0 Å². The van der Waals surface area contributed by atoms with E-state index in [1.807, 2.05) is 18.2 Å². The van der Waals surface area contributed by atoms with Crippen LogP contribution in [0.5, 0.6) is 5.75 Å². The van der Waals surface area contributed by atoms with Crippen molar-refractivity contribution in [1.82, 2.24) is 0 Å². The third kappa shape index (κ3) is 4.67. The van der Waals surface area contributed by atoms with Gasteiger partial charge in [-0.2, -0.15) is 12.6 Å². The molecular formula is C13H19ClOS. The highest BCUT2D eigenvalue weighted by Crippen LogP contribution is 2.22. The Kier molecular flexibility index (Phi) is 6.74. The number of aryl methyl sites for hydroxylation is 1. The molecule has 1 aromatic rings. The fourth-order valence-electron chi connectivity index (χ4n) is 1.49. The zero-order valence-electron chi connectivity index (χ0n) is 9.71. The molecule has 0 aliphatic rings. The minimum atomic E-state index is 0.776. The highest BCUT2D eigenvalue weighted by molar-refractivity contribution is 7.80. The first kappa shape index (κ1) is 13.7. The lowest BCUT2D eigenvalue weighted by Gasteiger charge is -2.08. The second-order valence-electron chi connectivity index (χ2n) is 3.74. The lowest BCUT2D eigenvalue weighted by atomic mass is 10.1. The monoisotopic (exact) mass is 258 g/mol. The fourth-order valence-corrected chi connectivity index (χ4v) is 1.97. The summed E-state index contributed by atoms with van der Waals surface area (Å²) in [6.45, 7) is 2.87. The van der Waals surface area contributed by atoms with E-state index in [1.165, 1.54) is 6.42 Å². The van der Waals surface area contributed by atoms with Crippen LogP contribution in [0.2, 0.25) is 5.02 Å². The first-order valence-corrected chi connectivity index (χ1v) is 6.81. The number of hydrogen-bond acceptors (Lipinski definition) is 2. The summed E-state index contributed by atoms with van der Waals surface area (Å²) in [5, 5.41) is 0.824. The van der Waals surface area contributed by atoms with Crippen molar-refractivity contribution < 1.29 is 4.74 Å². The van der Waals surface area contributed by atoms with Gasteiger partial charge in [0.05, 0.1) is 6.61 Å². The van der Waals surface area contributed by atoms with Crippen molar-refractivity contribution in [1.29, 1.82) is 0 Å². The van der Waals surface area contributed by atoms with Gasteiger partial charge in [-0.1, -0.05) is 18.5 Å². The summed E-state index contributed by atoms with van der Waals surface area (Å²) in [6.07, 6.45) is 4.37. The van der Waals surface area contributed by atoms with Gasteiger partial charge in [0.1, 0.15) is 5.75 Å². The topological polar surface area (TPSA) is 9.23 Å². The van der Waals surface area contributed by atoms with E-state index in [-0.39, 0.29) is 0 Å². The zero-order valence-corrected chi connectivity index (χ0v) is 11.4. The summed E-state index contributed by atoms with van der Waals surface area (Å²) >= 11 is 10.2. The third-order valence-corrected chi connectivity index (χ3v) is 3.15. The van der Waals surface area contributed by atoms with Gasteiger partial charge in [-0.3, -0.25) is 0 Å². The van der Waals surface area contributed by atoms with Crippen LogP contribution in [-0.4, -0.2) is 12.4 Å². The van der Waals surface area contributed by atoms with Crippen LogP contribution in [0.1, 0.15) is 31.7 Å². The molecule has 0 aliphatic carbocycles. The van der Waals surface area contributed by atoms with Crippen LogP contribution in [0.4, 0.5) is 0 Å². The van der Waals surface area contributed by atoms with Crippen molar-refractivity contribution >= 4 is 24.2 Å². The average molecular weight is 259 g/mol. The Balaban J connectivity index is 2.36. The Morgan fingerprint density at radius 1 is 1.25 bits per heavy atom. The number of unbranched alkanes of at least 4 members (excludes halogenated alkanes) is 2. The SMILES string of the molecule is CCc1cc(OCCCCCS)ccc1Cl. The molecule has 0 N–H and O–H groups in total. The molecule has 0 saturated heterocycles. The maximum absolute atomic E-state index is 6.03. The number of thiol groups is 1. The fraction of sp³-hybridized carbons (Fsp3) is 0.538. The molecule has 1 nitrogen and oxygen atoms in total. The van der Waals surface area contributed by atoms with E-state index >= 15 is 0 Å². The van der Waals surface area contributed by atoms with E-state index in [9.17, 15) is 0 Å². The molecule has 1 aromatic carbocycles. The van der Waals surface area contributed by atoms with Crippen LogP contribution in [-0.2, 0) is 6.42 Å². The molecule has 0 spiro atoms. The van der Waals surface area contributed by atoms with E-state index < -0.39 is 0 Å². The van der Waals surface area contributed by atoms with Gasteiger partial charge in [0.2, 0.25) is 0 Å². The second kappa shape index (κ2) is 7.86. The van der Waals surface area contributed by atoms with Gasteiger partial charge < -0.3 is 4.74 Å². The summed E-state index contributed by atoms with van der Waals surface area (Å²) in [5.41, 5.74) is 1.15. The van der Waals surface area contributed by atoms with Crippen LogP contribution in [0.3, 0.4) is 0 Å². The third-order valence-electron chi connectivity index (χ3n) is 2.47. The quantitative estimate of drug-likeness (QED) is 0.564. The summed E-state index contributed by atoms with van der Waals surface area (Å²) in [6, 6.07) is 5.87. The van der Waals surface area contributed by atoms with Gasteiger partial charge >= 0.3 is 0 Å². The number of halogens is 1. The van der Waals surface area contributed by atoms with Gasteiger partial charge in [-0.25, -0.2) is 0 Å². The van der Waals surface area contributed by atoms with Gasteiger partial charge in [0.15, 0.2) is 0 Å². The maximum Gasteiger partial charge on any atom is 0.119 e. The predicted octanol–water partition coefficient (Wildman–Crippen LogP) is 4.38. The van der Waals surface area contributed by atoms with Crippen molar-refractivity contribution in [2.45, 2.75) is 32.6 Å². The highest BCUT2D eigenvalue weighted by atomic mass is 35.5. The Morgan fingerprint density at radius 3 is 2.75 bits per heavy atom. The molecule has 0 saturated carbocycles. The Morgan fingerprint density at radius 2 is 2.06 bits per heavy atom.